The first-order valence-corrected chi connectivity index (χ1v) is 6.76. The predicted octanol–water partition coefficient (Wildman–Crippen LogP) is 1.48. The number of phenolic OH excluding ortho intramolecular Hbond substituents is 1. The van der Waals surface area contributed by atoms with Crippen LogP contribution in [0.4, 0.5) is 0 Å². The van der Waals surface area contributed by atoms with Gasteiger partial charge in [-0.15, -0.1) is 0 Å². The van der Waals surface area contributed by atoms with E-state index in [0.717, 1.165) is 18.5 Å². The number of aryl methyl sites for hydroxylation is 1. The van der Waals surface area contributed by atoms with E-state index in [1.807, 2.05) is 19.4 Å². The molecule has 2 N–H and O–H groups in total. The van der Waals surface area contributed by atoms with Gasteiger partial charge in [-0.2, -0.15) is 5.10 Å². The number of nitrogens with zero attached hydrogens (tertiary/aromatic N) is 2. The van der Waals surface area contributed by atoms with Crippen LogP contribution in [-0.4, -0.2) is 35.7 Å². The van der Waals surface area contributed by atoms with Crippen molar-refractivity contribution in [3.8, 4) is 17.2 Å². The second-order valence-electron chi connectivity index (χ2n) is 4.80. The van der Waals surface area contributed by atoms with Gasteiger partial charge in [0, 0.05) is 19.8 Å². The van der Waals surface area contributed by atoms with E-state index >= 15 is 0 Å². The molecule has 0 aliphatic rings. The third-order valence-electron chi connectivity index (χ3n) is 3.22. The maximum absolute atomic E-state index is 9.86. The van der Waals surface area contributed by atoms with Crippen LogP contribution >= 0.6 is 0 Å². The highest BCUT2D eigenvalue weighted by atomic mass is 16.5. The SMILES string of the molecule is COc1cc(CNCCc2cnn(C)c2)cc(OC)c1O. The summed E-state index contributed by atoms with van der Waals surface area (Å²) in [5.74, 6) is 0.857. The molecule has 0 fully saturated rings. The summed E-state index contributed by atoms with van der Waals surface area (Å²) in [5.41, 5.74) is 2.19. The van der Waals surface area contributed by atoms with Crippen molar-refractivity contribution in [3.05, 3.63) is 35.7 Å². The van der Waals surface area contributed by atoms with Crippen LogP contribution in [0.3, 0.4) is 0 Å². The molecule has 21 heavy (non-hydrogen) atoms. The standard InChI is InChI=1S/C15H21N3O3/c1-18-10-11(9-17-18)4-5-16-8-12-6-13(20-2)15(19)14(7-12)21-3/h6-7,9-10,16,19H,4-5,8H2,1-3H3. The molecule has 0 bridgehead atoms. The molecule has 0 aliphatic carbocycles. The summed E-state index contributed by atoms with van der Waals surface area (Å²) in [6, 6.07) is 3.60. The topological polar surface area (TPSA) is 68.5 Å². The molecular formula is C15H21N3O3. The van der Waals surface area contributed by atoms with Crippen LogP contribution in [0.5, 0.6) is 17.2 Å². The number of hydrogen-bond acceptors (Lipinski definition) is 5. The van der Waals surface area contributed by atoms with Crippen molar-refractivity contribution in [2.24, 2.45) is 7.05 Å². The first kappa shape index (κ1) is 15.2. The molecular weight excluding hydrogens is 270 g/mol. The highest BCUT2D eigenvalue weighted by Gasteiger charge is 2.10. The van der Waals surface area contributed by atoms with Crippen molar-refractivity contribution >= 4 is 0 Å². The quantitative estimate of drug-likeness (QED) is 0.756. The van der Waals surface area contributed by atoms with Crippen LogP contribution < -0.4 is 14.8 Å². The highest BCUT2D eigenvalue weighted by Crippen LogP contribution is 2.36. The second kappa shape index (κ2) is 6.99. The van der Waals surface area contributed by atoms with E-state index < -0.39 is 0 Å². The van der Waals surface area contributed by atoms with Crippen molar-refractivity contribution in [1.29, 1.82) is 0 Å². The molecule has 0 unspecified atom stereocenters. The lowest BCUT2D eigenvalue weighted by atomic mass is 10.1. The minimum Gasteiger partial charge on any atom is -0.502 e. The first-order chi connectivity index (χ1) is 10.1. The van der Waals surface area contributed by atoms with Gasteiger partial charge in [0.15, 0.2) is 11.5 Å². The van der Waals surface area contributed by atoms with Crippen molar-refractivity contribution in [1.82, 2.24) is 15.1 Å². The average molecular weight is 291 g/mol. The van der Waals surface area contributed by atoms with Crippen LogP contribution in [0, 0.1) is 0 Å². The molecule has 2 aromatic rings. The van der Waals surface area contributed by atoms with Gasteiger partial charge < -0.3 is 19.9 Å². The maximum atomic E-state index is 9.86. The van der Waals surface area contributed by atoms with E-state index in [1.165, 1.54) is 19.8 Å². The number of nitrogens with one attached hydrogen (secondary N) is 1. The minimum atomic E-state index is 0.0270. The molecule has 114 valence electrons. The Morgan fingerprint density at radius 1 is 1.19 bits per heavy atom. The second-order valence-corrected chi connectivity index (χ2v) is 4.80. The van der Waals surface area contributed by atoms with Crippen LogP contribution in [-0.2, 0) is 20.0 Å². The van der Waals surface area contributed by atoms with Gasteiger partial charge in [-0.1, -0.05) is 0 Å². The zero-order valence-electron chi connectivity index (χ0n) is 12.6. The van der Waals surface area contributed by atoms with Gasteiger partial charge in [-0.05, 0) is 36.2 Å². The van der Waals surface area contributed by atoms with E-state index in [0.29, 0.717) is 18.0 Å². The lowest BCUT2D eigenvalue weighted by Gasteiger charge is -2.11. The molecule has 6 heteroatoms. The molecule has 6 nitrogen and oxygen atoms in total. The summed E-state index contributed by atoms with van der Waals surface area (Å²) in [5, 5.41) is 17.3. The Labute approximate surface area is 124 Å². The molecule has 0 saturated heterocycles. The summed E-state index contributed by atoms with van der Waals surface area (Å²) >= 11 is 0. The fraction of sp³-hybridized carbons (Fsp3) is 0.400. The third kappa shape index (κ3) is 3.88. The Kier molecular flexibility index (Phi) is 5.05. The zero-order chi connectivity index (χ0) is 15.2. The van der Waals surface area contributed by atoms with Gasteiger partial charge in [0.1, 0.15) is 0 Å². The number of hydrogen-bond donors (Lipinski definition) is 2. The summed E-state index contributed by atoms with van der Waals surface area (Å²) in [7, 11) is 4.95. The minimum absolute atomic E-state index is 0.0270. The Morgan fingerprint density at radius 2 is 1.86 bits per heavy atom. The molecule has 0 spiro atoms. The lowest BCUT2D eigenvalue weighted by molar-refractivity contribution is 0.339. The molecule has 1 aromatic carbocycles. The van der Waals surface area contributed by atoms with Gasteiger partial charge >= 0.3 is 0 Å². The van der Waals surface area contributed by atoms with Crippen molar-refractivity contribution in [2.45, 2.75) is 13.0 Å². The van der Waals surface area contributed by atoms with E-state index in [1.54, 1.807) is 16.8 Å². The normalized spacial score (nSPS) is 10.6. The number of ether oxygens (including phenoxy) is 2. The number of aromatic nitrogens is 2. The largest absolute Gasteiger partial charge is 0.502 e. The van der Waals surface area contributed by atoms with E-state index in [2.05, 4.69) is 10.4 Å². The van der Waals surface area contributed by atoms with Crippen molar-refractivity contribution in [2.75, 3.05) is 20.8 Å². The average Bonchev–Trinajstić information content (AvgIpc) is 2.90. The fourth-order valence-electron chi connectivity index (χ4n) is 2.12. The smallest absolute Gasteiger partial charge is 0.200 e. The van der Waals surface area contributed by atoms with Gasteiger partial charge in [0.25, 0.3) is 0 Å². The predicted molar refractivity (Wildman–Crippen MR) is 79.8 cm³/mol. The molecule has 2 rings (SSSR count). The van der Waals surface area contributed by atoms with Crippen LogP contribution in [0.15, 0.2) is 24.5 Å². The van der Waals surface area contributed by atoms with Gasteiger partial charge in [0.05, 0.1) is 20.4 Å². The van der Waals surface area contributed by atoms with Crippen LogP contribution in [0.2, 0.25) is 0 Å². The number of rotatable bonds is 7. The molecule has 1 heterocycles. The van der Waals surface area contributed by atoms with E-state index in [-0.39, 0.29) is 5.75 Å². The van der Waals surface area contributed by atoms with E-state index in [9.17, 15) is 5.11 Å². The summed E-state index contributed by atoms with van der Waals surface area (Å²) in [4.78, 5) is 0. The lowest BCUT2D eigenvalue weighted by Crippen LogP contribution is -2.16. The van der Waals surface area contributed by atoms with Crippen molar-refractivity contribution in [3.63, 3.8) is 0 Å². The van der Waals surface area contributed by atoms with Crippen LogP contribution in [0.25, 0.3) is 0 Å². The molecule has 0 amide bonds. The number of benzene rings is 1. The van der Waals surface area contributed by atoms with E-state index in [4.69, 9.17) is 9.47 Å². The molecule has 0 aliphatic heterocycles. The van der Waals surface area contributed by atoms with Gasteiger partial charge in [0.2, 0.25) is 5.75 Å². The number of methoxy groups -OCH3 is 2. The highest BCUT2D eigenvalue weighted by molar-refractivity contribution is 5.52. The first-order valence-electron chi connectivity index (χ1n) is 6.76. The van der Waals surface area contributed by atoms with Gasteiger partial charge in [-0.3, -0.25) is 4.68 Å². The summed E-state index contributed by atoms with van der Waals surface area (Å²) in [6.07, 6.45) is 4.79. The Morgan fingerprint density at radius 3 is 2.38 bits per heavy atom. The monoisotopic (exact) mass is 291 g/mol. The number of aromatic hydroxyl groups is 1. The van der Waals surface area contributed by atoms with Gasteiger partial charge in [-0.25, -0.2) is 0 Å². The molecule has 0 atom stereocenters. The Hall–Kier alpha value is -2.21. The Balaban J connectivity index is 1.90. The van der Waals surface area contributed by atoms with Crippen LogP contribution in [0.1, 0.15) is 11.1 Å². The summed E-state index contributed by atoms with van der Waals surface area (Å²) in [6.45, 7) is 1.52. The fourth-order valence-corrected chi connectivity index (χ4v) is 2.12. The molecule has 0 saturated carbocycles. The zero-order valence-corrected chi connectivity index (χ0v) is 12.6. The number of phenols is 1. The maximum Gasteiger partial charge on any atom is 0.200 e. The van der Waals surface area contributed by atoms with Crippen molar-refractivity contribution < 1.29 is 14.6 Å². The molecule has 0 radical (unpaired) electrons. The summed E-state index contributed by atoms with van der Waals surface area (Å²) < 4.78 is 12.1. The Bertz CT molecular complexity index is 571. The third-order valence-corrected chi connectivity index (χ3v) is 3.22. The molecule has 1 aromatic heterocycles.